The number of alkyl halides is 3. The highest BCUT2D eigenvalue weighted by atomic mass is 35.5. The standard InChI is InChI=1S/C15H19F3N2O.ClH/c16-15(17,18)7-8-20(10-12-1-2-12)14(21)9-11-3-5-13(19)6-4-11;/h3-6,12H,1-2,7-10,19H2;1H. The van der Waals surface area contributed by atoms with E-state index in [1.807, 2.05) is 0 Å². The maximum absolute atomic E-state index is 12.4. The van der Waals surface area contributed by atoms with E-state index < -0.39 is 12.6 Å². The summed E-state index contributed by atoms with van der Waals surface area (Å²) in [4.78, 5) is 13.6. The lowest BCUT2D eigenvalue weighted by Crippen LogP contribution is -2.36. The largest absolute Gasteiger partial charge is 0.399 e. The van der Waals surface area contributed by atoms with Gasteiger partial charge < -0.3 is 10.6 Å². The first kappa shape index (κ1) is 18.6. The van der Waals surface area contributed by atoms with Crippen molar-refractivity contribution in [1.82, 2.24) is 4.90 Å². The molecule has 124 valence electrons. The smallest absolute Gasteiger partial charge is 0.390 e. The monoisotopic (exact) mass is 336 g/mol. The molecule has 0 heterocycles. The molecule has 1 saturated carbocycles. The van der Waals surface area contributed by atoms with E-state index in [9.17, 15) is 18.0 Å². The lowest BCUT2D eigenvalue weighted by molar-refractivity contribution is -0.145. The summed E-state index contributed by atoms with van der Waals surface area (Å²) in [7, 11) is 0. The van der Waals surface area contributed by atoms with Gasteiger partial charge in [0.2, 0.25) is 5.91 Å². The molecule has 7 heteroatoms. The van der Waals surface area contributed by atoms with Crippen molar-refractivity contribution in [2.24, 2.45) is 5.92 Å². The molecular weight excluding hydrogens is 317 g/mol. The highest BCUT2D eigenvalue weighted by molar-refractivity contribution is 5.85. The topological polar surface area (TPSA) is 46.3 Å². The average Bonchev–Trinajstić information content (AvgIpc) is 3.20. The minimum absolute atomic E-state index is 0. The second kappa shape index (κ2) is 7.72. The predicted octanol–water partition coefficient (Wildman–Crippen LogP) is 3.42. The minimum atomic E-state index is -4.23. The van der Waals surface area contributed by atoms with Crippen molar-refractivity contribution in [3.05, 3.63) is 29.8 Å². The van der Waals surface area contributed by atoms with Crippen molar-refractivity contribution in [3.8, 4) is 0 Å². The number of amides is 1. The van der Waals surface area contributed by atoms with Crippen LogP contribution >= 0.6 is 12.4 Å². The number of rotatable bonds is 6. The number of nitrogens with zero attached hydrogens (tertiary/aromatic N) is 1. The van der Waals surface area contributed by atoms with E-state index in [2.05, 4.69) is 0 Å². The molecule has 0 radical (unpaired) electrons. The van der Waals surface area contributed by atoms with Crippen molar-refractivity contribution in [3.63, 3.8) is 0 Å². The molecule has 0 bridgehead atoms. The highest BCUT2D eigenvalue weighted by Gasteiger charge is 2.31. The van der Waals surface area contributed by atoms with Gasteiger partial charge in [0.05, 0.1) is 12.8 Å². The third-order valence-electron chi connectivity index (χ3n) is 3.53. The summed E-state index contributed by atoms with van der Waals surface area (Å²) in [5.41, 5.74) is 6.93. The van der Waals surface area contributed by atoms with Crippen LogP contribution in [0.15, 0.2) is 24.3 Å². The lowest BCUT2D eigenvalue weighted by atomic mass is 10.1. The SMILES string of the molecule is Cl.Nc1ccc(CC(=O)N(CCC(F)(F)F)CC2CC2)cc1. The van der Waals surface area contributed by atoms with Crippen LogP contribution in [0, 0.1) is 5.92 Å². The van der Waals surface area contributed by atoms with E-state index in [0.717, 1.165) is 18.4 Å². The van der Waals surface area contributed by atoms with Crippen molar-refractivity contribution in [1.29, 1.82) is 0 Å². The third-order valence-corrected chi connectivity index (χ3v) is 3.53. The van der Waals surface area contributed by atoms with E-state index in [-0.39, 0.29) is 31.3 Å². The van der Waals surface area contributed by atoms with E-state index in [1.54, 1.807) is 24.3 Å². The molecule has 0 unspecified atom stereocenters. The van der Waals surface area contributed by atoms with Gasteiger partial charge in [0.25, 0.3) is 0 Å². The number of halogens is 4. The second-order valence-corrected chi connectivity index (χ2v) is 5.57. The Morgan fingerprint density at radius 2 is 1.82 bits per heavy atom. The molecule has 1 amide bonds. The van der Waals surface area contributed by atoms with E-state index in [0.29, 0.717) is 18.2 Å². The molecule has 22 heavy (non-hydrogen) atoms. The molecule has 0 saturated heterocycles. The van der Waals surface area contributed by atoms with Gasteiger partial charge in [-0.15, -0.1) is 12.4 Å². The van der Waals surface area contributed by atoms with Crippen molar-refractivity contribution >= 4 is 24.0 Å². The number of carbonyl (C=O) groups excluding carboxylic acids is 1. The van der Waals surface area contributed by atoms with Crippen LogP contribution < -0.4 is 5.73 Å². The predicted molar refractivity (Wildman–Crippen MR) is 81.8 cm³/mol. The first-order valence-electron chi connectivity index (χ1n) is 7.02. The Kier molecular flexibility index (Phi) is 6.53. The second-order valence-electron chi connectivity index (χ2n) is 5.57. The van der Waals surface area contributed by atoms with E-state index in [4.69, 9.17) is 5.73 Å². The summed E-state index contributed by atoms with van der Waals surface area (Å²) in [6, 6.07) is 6.83. The van der Waals surface area contributed by atoms with Gasteiger partial charge in [0.15, 0.2) is 0 Å². The summed E-state index contributed by atoms with van der Waals surface area (Å²) < 4.78 is 37.1. The van der Waals surface area contributed by atoms with Crippen LogP contribution in [0.4, 0.5) is 18.9 Å². The molecule has 0 atom stereocenters. The van der Waals surface area contributed by atoms with Crippen LogP contribution in [0.25, 0.3) is 0 Å². The quantitative estimate of drug-likeness (QED) is 0.809. The fourth-order valence-corrected chi connectivity index (χ4v) is 2.11. The van der Waals surface area contributed by atoms with Crippen molar-refractivity contribution in [2.75, 3.05) is 18.8 Å². The van der Waals surface area contributed by atoms with Crippen LogP contribution in [0.3, 0.4) is 0 Å². The first-order chi connectivity index (χ1) is 9.83. The van der Waals surface area contributed by atoms with Crippen LogP contribution in [0.2, 0.25) is 0 Å². The number of hydrogen-bond acceptors (Lipinski definition) is 2. The number of nitrogen functional groups attached to an aromatic ring is 1. The van der Waals surface area contributed by atoms with Gasteiger partial charge >= 0.3 is 6.18 Å². The van der Waals surface area contributed by atoms with Gasteiger partial charge in [-0.05, 0) is 36.5 Å². The molecule has 2 rings (SSSR count). The normalized spacial score (nSPS) is 14.3. The molecule has 1 aromatic carbocycles. The maximum atomic E-state index is 12.4. The Morgan fingerprint density at radius 3 is 2.32 bits per heavy atom. The zero-order valence-electron chi connectivity index (χ0n) is 12.1. The molecule has 0 aliphatic heterocycles. The molecule has 1 aliphatic rings. The van der Waals surface area contributed by atoms with E-state index >= 15 is 0 Å². The van der Waals surface area contributed by atoms with Gasteiger partial charge in [0.1, 0.15) is 0 Å². The number of hydrogen-bond donors (Lipinski definition) is 1. The van der Waals surface area contributed by atoms with Crippen LogP contribution in [-0.2, 0) is 11.2 Å². The van der Waals surface area contributed by atoms with Gasteiger partial charge in [-0.25, -0.2) is 0 Å². The molecule has 3 nitrogen and oxygen atoms in total. The average molecular weight is 337 g/mol. The van der Waals surface area contributed by atoms with Crippen molar-refractivity contribution < 1.29 is 18.0 Å². The Balaban J connectivity index is 0.00000242. The third kappa shape index (κ3) is 6.56. The zero-order valence-corrected chi connectivity index (χ0v) is 12.9. The highest BCUT2D eigenvalue weighted by Crippen LogP contribution is 2.30. The fourth-order valence-electron chi connectivity index (χ4n) is 2.11. The first-order valence-corrected chi connectivity index (χ1v) is 7.02. The number of nitrogens with two attached hydrogens (primary N) is 1. The number of benzene rings is 1. The Labute approximate surface area is 134 Å². The summed E-state index contributed by atoms with van der Waals surface area (Å²) in [5.74, 6) is 0.115. The van der Waals surface area contributed by atoms with Gasteiger partial charge in [-0.1, -0.05) is 12.1 Å². The van der Waals surface area contributed by atoms with Crippen LogP contribution in [-0.4, -0.2) is 30.1 Å². The number of carbonyl (C=O) groups is 1. The van der Waals surface area contributed by atoms with Crippen LogP contribution in [0.5, 0.6) is 0 Å². The molecule has 0 aromatic heterocycles. The summed E-state index contributed by atoms with van der Waals surface area (Å²) >= 11 is 0. The van der Waals surface area contributed by atoms with Crippen LogP contribution in [0.1, 0.15) is 24.8 Å². The molecular formula is C15H20ClF3N2O. The van der Waals surface area contributed by atoms with Gasteiger partial charge in [0, 0.05) is 18.8 Å². The minimum Gasteiger partial charge on any atom is -0.399 e. The molecule has 1 fully saturated rings. The lowest BCUT2D eigenvalue weighted by Gasteiger charge is -2.23. The zero-order chi connectivity index (χ0) is 15.5. The Morgan fingerprint density at radius 1 is 1.23 bits per heavy atom. The fraction of sp³-hybridized carbons (Fsp3) is 0.533. The Bertz CT molecular complexity index is 487. The number of anilines is 1. The molecule has 0 spiro atoms. The summed E-state index contributed by atoms with van der Waals surface area (Å²) in [5, 5.41) is 0. The van der Waals surface area contributed by atoms with E-state index in [1.165, 1.54) is 4.90 Å². The summed E-state index contributed by atoms with van der Waals surface area (Å²) in [6.07, 6.45) is -3.07. The Hall–Kier alpha value is -1.43. The van der Waals surface area contributed by atoms with Crippen molar-refractivity contribution in [2.45, 2.75) is 31.9 Å². The summed E-state index contributed by atoms with van der Waals surface area (Å²) in [6.45, 7) is 0.178. The van der Waals surface area contributed by atoms with Gasteiger partial charge in [-0.3, -0.25) is 4.79 Å². The molecule has 1 aromatic rings. The molecule has 2 N–H and O–H groups in total. The maximum Gasteiger partial charge on any atom is 0.390 e. The molecule has 1 aliphatic carbocycles. The van der Waals surface area contributed by atoms with Gasteiger partial charge in [-0.2, -0.15) is 13.2 Å².